The maximum Gasteiger partial charge on any atom is 0.326 e. The molecule has 0 aliphatic carbocycles. The van der Waals surface area contributed by atoms with E-state index >= 15 is 0 Å². The van der Waals surface area contributed by atoms with Crippen LogP contribution >= 0.6 is 0 Å². The van der Waals surface area contributed by atoms with Crippen molar-refractivity contribution in [3.63, 3.8) is 0 Å². The summed E-state index contributed by atoms with van der Waals surface area (Å²) in [6, 6.07) is 7.94. The zero-order chi connectivity index (χ0) is 31.7. The summed E-state index contributed by atoms with van der Waals surface area (Å²) < 4.78 is 0. The lowest BCUT2D eigenvalue weighted by atomic mass is 9.98. The van der Waals surface area contributed by atoms with Crippen LogP contribution in [0.1, 0.15) is 37.8 Å². The summed E-state index contributed by atoms with van der Waals surface area (Å²) in [5.74, 6) is -5.64. The van der Waals surface area contributed by atoms with Gasteiger partial charge in [-0.15, -0.1) is 0 Å². The van der Waals surface area contributed by atoms with Crippen molar-refractivity contribution in [2.45, 2.75) is 63.7 Å². The van der Waals surface area contributed by atoms with E-state index in [0.717, 1.165) is 16.5 Å². The summed E-state index contributed by atoms with van der Waals surface area (Å²) in [5.41, 5.74) is 8.26. The van der Waals surface area contributed by atoms with E-state index in [2.05, 4.69) is 20.9 Å². The Kier molecular flexibility index (Phi) is 11.2. The van der Waals surface area contributed by atoms with Gasteiger partial charge in [0.05, 0.1) is 12.5 Å². The number of nitrogens with one attached hydrogen (secondary N) is 4. The summed E-state index contributed by atoms with van der Waals surface area (Å²) in [6.45, 7) is 3.43. The van der Waals surface area contributed by atoms with E-state index in [1.807, 2.05) is 24.3 Å². The van der Waals surface area contributed by atoms with Gasteiger partial charge in [0.2, 0.25) is 17.7 Å². The lowest BCUT2D eigenvalue weighted by Crippen LogP contribution is -2.58. The molecule has 0 saturated carbocycles. The van der Waals surface area contributed by atoms with Gasteiger partial charge in [0.15, 0.2) is 0 Å². The first-order valence-electron chi connectivity index (χ1n) is 13.8. The molecule has 13 nitrogen and oxygen atoms in total. The Hall–Kier alpha value is -4.91. The van der Waals surface area contributed by atoms with Crippen molar-refractivity contribution in [3.05, 3.63) is 65.9 Å². The molecule has 3 amide bonds. The van der Waals surface area contributed by atoms with E-state index in [4.69, 9.17) is 5.73 Å². The topological polar surface area (TPSA) is 224 Å². The molecule has 0 saturated heterocycles. The zero-order valence-corrected chi connectivity index (χ0v) is 23.9. The van der Waals surface area contributed by atoms with Crippen molar-refractivity contribution in [2.75, 3.05) is 0 Å². The first kappa shape index (κ1) is 32.6. The molecule has 0 spiro atoms. The average Bonchev–Trinajstić information content (AvgIpc) is 3.37. The van der Waals surface area contributed by atoms with Crippen LogP contribution in [0.15, 0.2) is 54.7 Å². The average molecular weight is 596 g/mol. The Morgan fingerprint density at radius 3 is 2.12 bits per heavy atom. The minimum Gasteiger partial charge on any atom is -0.508 e. The van der Waals surface area contributed by atoms with Crippen LogP contribution in [-0.4, -0.2) is 74.1 Å². The standard InChI is InChI=1S/C30H37N5O8/c1-3-16(2)26(30(42)43)35-29(41)23(12-17-8-10-19(36)11-9-17)34-28(40)24(14-25(37)38)33-27(39)21(31)13-18-15-32-22-7-5-4-6-20(18)22/h4-11,15-16,21,23-24,26,32,36H,3,12-14,31H2,1-2H3,(H,33,39)(H,34,40)(H,35,41)(H,37,38)(H,42,43). The third-order valence-electron chi connectivity index (χ3n) is 7.25. The fraction of sp³-hybridized carbons (Fsp3) is 0.367. The van der Waals surface area contributed by atoms with Gasteiger partial charge in [-0.1, -0.05) is 50.6 Å². The Labute approximate surface area is 247 Å². The zero-order valence-electron chi connectivity index (χ0n) is 23.9. The molecule has 1 aromatic heterocycles. The van der Waals surface area contributed by atoms with Crippen LogP contribution in [0.2, 0.25) is 0 Å². The number of carbonyl (C=O) groups excluding carboxylic acids is 3. The molecular weight excluding hydrogens is 558 g/mol. The number of H-pyrrole nitrogens is 1. The first-order chi connectivity index (χ1) is 20.4. The number of aromatic nitrogens is 1. The molecule has 5 atom stereocenters. The fourth-order valence-electron chi connectivity index (χ4n) is 4.58. The number of phenols is 1. The second kappa shape index (κ2) is 14.8. The predicted octanol–water partition coefficient (Wildman–Crippen LogP) is 1.05. The lowest BCUT2D eigenvalue weighted by Gasteiger charge is -2.26. The number of amides is 3. The second-order valence-electron chi connectivity index (χ2n) is 10.5. The van der Waals surface area contributed by atoms with Crippen LogP contribution in [-0.2, 0) is 36.8 Å². The number of hydrogen-bond acceptors (Lipinski definition) is 7. The van der Waals surface area contributed by atoms with Gasteiger partial charge in [0.1, 0.15) is 23.9 Å². The van der Waals surface area contributed by atoms with Crippen LogP contribution in [0.3, 0.4) is 0 Å². The third-order valence-corrected chi connectivity index (χ3v) is 7.25. The summed E-state index contributed by atoms with van der Waals surface area (Å²) in [6.07, 6.45) is 1.37. The predicted molar refractivity (Wildman–Crippen MR) is 157 cm³/mol. The summed E-state index contributed by atoms with van der Waals surface area (Å²) in [7, 11) is 0. The number of benzene rings is 2. The molecule has 0 aliphatic rings. The Morgan fingerprint density at radius 2 is 1.49 bits per heavy atom. The van der Waals surface area contributed by atoms with Gasteiger partial charge in [0.25, 0.3) is 0 Å². The molecule has 1 heterocycles. The van der Waals surface area contributed by atoms with Crippen molar-refractivity contribution >= 4 is 40.6 Å². The monoisotopic (exact) mass is 595 g/mol. The van der Waals surface area contributed by atoms with Gasteiger partial charge in [-0.05, 0) is 41.7 Å². The number of carbonyl (C=O) groups is 5. The molecule has 43 heavy (non-hydrogen) atoms. The van der Waals surface area contributed by atoms with Crippen molar-refractivity contribution in [1.82, 2.24) is 20.9 Å². The molecule has 3 rings (SSSR count). The smallest absolute Gasteiger partial charge is 0.326 e. The van der Waals surface area contributed by atoms with Crippen LogP contribution in [0.25, 0.3) is 10.9 Å². The Bertz CT molecular complexity index is 1450. The fourth-order valence-corrected chi connectivity index (χ4v) is 4.58. The normalized spacial score (nSPS) is 14.6. The van der Waals surface area contributed by atoms with Gasteiger partial charge in [0, 0.05) is 23.5 Å². The van der Waals surface area contributed by atoms with Crippen LogP contribution in [0, 0.1) is 5.92 Å². The summed E-state index contributed by atoms with van der Waals surface area (Å²) in [4.78, 5) is 66.1. The highest BCUT2D eigenvalue weighted by atomic mass is 16.4. The number of rotatable bonds is 15. The minimum atomic E-state index is -1.58. The van der Waals surface area contributed by atoms with Gasteiger partial charge in [-0.2, -0.15) is 0 Å². The first-order valence-corrected chi connectivity index (χ1v) is 13.8. The number of para-hydroxylation sites is 1. The molecule has 3 aromatic rings. The molecular formula is C30H37N5O8. The third kappa shape index (κ3) is 9.04. The molecule has 0 fully saturated rings. The molecule has 0 radical (unpaired) electrons. The van der Waals surface area contributed by atoms with E-state index in [0.29, 0.717) is 12.0 Å². The Morgan fingerprint density at radius 1 is 0.860 bits per heavy atom. The van der Waals surface area contributed by atoms with Crippen LogP contribution in [0.5, 0.6) is 5.75 Å². The van der Waals surface area contributed by atoms with Crippen molar-refractivity contribution < 1.29 is 39.3 Å². The number of carboxylic acid groups (broad SMARTS) is 2. The SMILES string of the molecule is CCC(C)C(NC(=O)C(Cc1ccc(O)cc1)NC(=O)C(CC(=O)O)NC(=O)C(N)Cc1c[nH]c2ccccc12)C(=O)O. The van der Waals surface area contributed by atoms with Gasteiger partial charge in [-0.3, -0.25) is 19.2 Å². The van der Waals surface area contributed by atoms with Crippen molar-refractivity contribution in [3.8, 4) is 5.75 Å². The molecule has 13 heteroatoms. The molecule has 0 aliphatic heterocycles. The molecule has 9 N–H and O–H groups in total. The Balaban J connectivity index is 1.78. The van der Waals surface area contributed by atoms with E-state index in [1.165, 1.54) is 24.3 Å². The minimum absolute atomic E-state index is 0.0234. The maximum atomic E-state index is 13.3. The number of fused-ring (bicyclic) bond motifs is 1. The summed E-state index contributed by atoms with van der Waals surface area (Å²) in [5, 5.41) is 36.9. The van der Waals surface area contributed by atoms with Crippen molar-refractivity contribution in [2.24, 2.45) is 11.7 Å². The van der Waals surface area contributed by atoms with Crippen LogP contribution < -0.4 is 21.7 Å². The molecule has 0 bridgehead atoms. The quantitative estimate of drug-likeness (QED) is 0.125. The lowest BCUT2D eigenvalue weighted by molar-refractivity contribution is -0.144. The maximum absolute atomic E-state index is 13.3. The number of aromatic hydroxyl groups is 1. The molecule has 5 unspecified atom stereocenters. The highest BCUT2D eigenvalue weighted by Crippen LogP contribution is 2.19. The van der Waals surface area contributed by atoms with Gasteiger partial charge < -0.3 is 42.0 Å². The molecule has 2 aromatic carbocycles. The van der Waals surface area contributed by atoms with E-state index in [1.54, 1.807) is 20.0 Å². The highest BCUT2D eigenvalue weighted by Gasteiger charge is 2.33. The number of hydrogen-bond donors (Lipinski definition) is 8. The van der Waals surface area contributed by atoms with E-state index in [9.17, 15) is 39.3 Å². The number of nitrogens with two attached hydrogens (primary N) is 1. The number of carboxylic acids is 2. The highest BCUT2D eigenvalue weighted by molar-refractivity contribution is 5.96. The summed E-state index contributed by atoms with van der Waals surface area (Å²) >= 11 is 0. The van der Waals surface area contributed by atoms with E-state index in [-0.39, 0.29) is 18.6 Å². The molecule has 230 valence electrons. The van der Waals surface area contributed by atoms with Gasteiger partial charge in [-0.25, -0.2) is 4.79 Å². The second-order valence-corrected chi connectivity index (χ2v) is 10.5. The van der Waals surface area contributed by atoms with E-state index < -0.39 is 66.2 Å². The van der Waals surface area contributed by atoms with Crippen LogP contribution in [0.4, 0.5) is 0 Å². The van der Waals surface area contributed by atoms with Crippen molar-refractivity contribution in [1.29, 1.82) is 0 Å². The number of phenolic OH excluding ortho intramolecular Hbond substituents is 1. The van der Waals surface area contributed by atoms with Gasteiger partial charge >= 0.3 is 11.9 Å². The number of aromatic amines is 1. The largest absolute Gasteiger partial charge is 0.508 e. The number of aliphatic carboxylic acids is 2.